The van der Waals surface area contributed by atoms with E-state index in [1.165, 1.54) is 17.7 Å². The van der Waals surface area contributed by atoms with Crippen LogP contribution in [0.25, 0.3) is 10.9 Å². The molecule has 0 saturated heterocycles. The molecular formula is C15H9BrFN3O2. The lowest BCUT2D eigenvalue weighted by Crippen LogP contribution is -2.08. The molecule has 22 heavy (non-hydrogen) atoms. The topological polar surface area (TPSA) is 56.2 Å². The maximum atomic E-state index is 14.0. The van der Waals surface area contributed by atoms with Crippen LogP contribution in [0.15, 0.2) is 34.8 Å². The van der Waals surface area contributed by atoms with Gasteiger partial charge in [0.2, 0.25) is 5.91 Å². The molecule has 0 radical (unpaired) electrons. The predicted octanol–water partition coefficient (Wildman–Crippen LogP) is 4.45. The van der Waals surface area contributed by atoms with Gasteiger partial charge in [0.25, 0.3) is 0 Å². The van der Waals surface area contributed by atoms with Gasteiger partial charge in [-0.3, -0.25) is 4.79 Å². The van der Waals surface area contributed by atoms with Crippen LogP contribution in [0.5, 0.6) is 11.5 Å². The number of nitrogens with zero attached hydrogens (tertiary/aromatic N) is 2. The first-order valence-corrected chi connectivity index (χ1v) is 7.30. The maximum absolute atomic E-state index is 14.0. The Labute approximate surface area is 132 Å². The molecule has 4 rings (SSSR count). The summed E-state index contributed by atoms with van der Waals surface area (Å²) < 4.78 is 21.9. The van der Waals surface area contributed by atoms with E-state index in [9.17, 15) is 9.18 Å². The number of ether oxygens (including phenoxy) is 1. The van der Waals surface area contributed by atoms with Crippen molar-refractivity contribution in [3.8, 4) is 11.5 Å². The Kier molecular flexibility index (Phi) is 2.74. The van der Waals surface area contributed by atoms with Crippen LogP contribution in [0, 0.1) is 5.82 Å². The fraction of sp³-hybridized carbons (Fsp3) is 0.0667. The average Bonchev–Trinajstić information content (AvgIpc) is 2.72. The highest BCUT2D eigenvalue weighted by molar-refractivity contribution is 9.10. The first-order chi connectivity index (χ1) is 10.5. The van der Waals surface area contributed by atoms with Crippen molar-refractivity contribution in [2.45, 2.75) is 6.92 Å². The zero-order valence-corrected chi connectivity index (χ0v) is 12.9. The summed E-state index contributed by atoms with van der Waals surface area (Å²) >= 11 is 3.39. The molecule has 0 aliphatic carbocycles. The molecule has 5 nitrogen and oxygen atoms in total. The number of fused-ring (bicyclic) bond motifs is 1. The molecule has 0 spiro atoms. The molecule has 2 aromatic carbocycles. The Morgan fingerprint density at radius 3 is 2.95 bits per heavy atom. The largest absolute Gasteiger partial charge is 0.454 e. The van der Waals surface area contributed by atoms with E-state index >= 15 is 0 Å². The summed E-state index contributed by atoms with van der Waals surface area (Å²) in [6.45, 7) is 1.41. The second-order valence-corrected chi connectivity index (χ2v) is 5.83. The van der Waals surface area contributed by atoms with Crippen LogP contribution in [-0.4, -0.2) is 15.7 Å². The number of benzene rings is 2. The molecule has 0 atom stereocenters. The molecular weight excluding hydrogens is 353 g/mol. The van der Waals surface area contributed by atoms with E-state index in [2.05, 4.69) is 26.3 Å². The molecule has 1 aromatic heterocycles. The third-order valence-electron chi connectivity index (χ3n) is 3.45. The number of hydrogen-bond acceptors (Lipinski definition) is 4. The Morgan fingerprint density at radius 1 is 1.36 bits per heavy atom. The van der Waals surface area contributed by atoms with Crippen LogP contribution in [0.3, 0.4) is 0 Å². The summed E-state index contributed by atoms with van der Waals surface area (Å²) in [4.78, 5) is 11.8. The predicted molar refractivity (Wildman–Crippen MR) is 83.5 cm³/mol. The number of halogens is 2. The van der Waals surface area contributed by atoms with Gasteiger partial charge in [-0.15, -0.1) is 5.10 Å². The molecule has 0 bridgehead atoms. The van der Waals surface area contributed by atoms with Gasteiger partial charge < -0.3 is 10.1 Å². The number of para-hydroxylation sites is 1. The summed E-state index contributed by atoms with van der Waals surface area (Å²) in [6, 6.07) is 8.11. The van der Waals surface area contributed by atoms with Gasteiger partial charge >= 0.3 is 0 Å². The molecule has 0 fully saturated rings. The zero-order chi connectivity index (χ0) is 15.4. The van der Waals surface area contributed by atoms with Gasteiger partial charge in [-0.1, -0.05) is 22.0 Å². The fourth-order valence-electron chi connectivity index (χ4n) is 2.53. The highest BCUT2D eigenvalue weighted by Gasteiger charge is 2.24. The average molecular weight is 362 g/mol. The Bertz CT molecular complexity index is 952. The lowest BCUT2D eigenvalue weighted by Gasteiger charge is -2.10. The third-order valence-corrected chi connectivity index (χ3v) is 3.91. The van der Waals surface area contributed by atoms with Gasteiger partial charge in [-0.25, -0.2) is 4.39 Å². The van der Waals surface area contributed by atoms with Crippen LogP contribution in [0.4, 0.5) is 15.9 Å². The maximum Gasteiger partial charge on any atom is 0.244 e. The molecule has 1 aliphatic rings. The summed E-state index contributed by atoms with van der Waals surface area (Å²) in [5.74, 6) is 0.568. The van der Waals surface area contributed by atoms with Crippen molar-refractivity contribution in [2.75, 3.05) is 5.32 Å². The lowest BCUT2D eigenvalue weighted by molar-refractivity contribution is 0.0927. The normalized spacial score (nSPS) is 12.3. The molecule has 3 aromatic rings. The van der Waals surface area contributed by atoms with Crippen LogP contribution in [-0.2, 0) is 0 Å². The Morgan fingerprint density at radius 2 is 2.18 bits per heavy atom. The van der Waals surface area contributed by atoms with Gasteiger partial charge in [-0.2, -0.15) is 4.68 Å². The second-order valence-electron chi connectivity index (χ2n) is 4.92. The SMILES string of the molecule is CC(=O)n1nc2c3c(cc(Br)cc31)Oc1cccc(F)c1N2. The standard InChI is InChI=1S/C15H9BrFN3O2/c1-7(21)20-10-5-8(16)6-12-13(10)15(19-20)18-14-9(17)3-2-4-11(14)22-12/h2-6H,1H3,(H,18,19). The summed E-state index contributed by atoms with van der Waals surface area (Å²) in [7, 11) is 0. The fourth-order valence-corrected chi connectivity index (χ4v) is 2.96. The minimum Gasteiger partial charge on any atom is -0.454 e. The van der Waals surface area contributed by atoms with Gasteiger partial charge in [0, 0.05) is 11.4 Å². The van der Waals surface area contributed by atoms with E-state index in [0.717, 1.165) is 4.47 Å². The van der Waals surface area contributed by atoms with Crippen LogP contribution in [0.1, 0.15) is 11.7 Å². The first kappa shape index (κ1) is 13.3. The molecule has 7 heteroatoms. The van der Waals surface area contributed by atoms with E-state index in [1.807, 2.05) is 0 Å². The minimum atomic E-state index is -0.449. The lowest BCUT2D eigenvalue weighted by atomic mass is 10.2. The monoisotopic (exact) mass is 361 g/mol. The summed E-state index contributed by atoms with van der Waals surface area (Å²) in [5, 5.41) is 7.81. The van der Waals surface area contributed by atoms with Crippen molar-refractivity contribution in [1.82, 2.24) is 9.78 Å². The summed E-state index contributed by atoms with van der Waals surface area (Å²) in [6.07, 6.45) is 0. The Balaban J connectivity index is 2.08. The van der Waals surface area contributed by atoms with E-state index in [0.29, 0.717) is 28.2 Å². The molecule has 1 N–H and O–H groups in total. The van der Waals surface area contributed by atoms with E-state index in [-0.39, 0.29) is 11.6 Å². The summed E-state index contributed by atoms with van der Waals surface area (Å²) in [5.41, 5.74) is 0.789. The van der Waals surface area contributed by atoms with Gasteiger partial charge in [0.05, 0.1) is 10.9 Å². The van der Waals surface area contributed by atoms with Crippen molar-refractivity contribution in [1.29, 1.82) is 0 Å². The van der Waals surface area contributed by atoms with Gasteiger partial charge in [0.1, 0.15) is 11.4 Å². The molecule has 0 unspecified atom stereocenters. The van der Waals surface area contributed by atoms with E-state index in [1.54, 1.807) is 24.3 Å². The number of carbonyl (C=O) groups excluding carboxylic acids is 1. The molecule has 2 heterocycles. The number of hydrogen-bond donors (Lipinski definition) is 1. The second kappa shape index (κ2) is 4.54. The highest BCUT2D eigenvalue weighted by atomic mass is 79.9. The molecule has 0 saturated carbocycles. The smallest absolute Gasteiger partial charge is 0.244 e. The zero-order valence-electron chi connectivity index (χ0n) is 11.4. The van der Waals surface area contributed by atoms with Crippen molar-refractivity contribution >= 4 is 44.2 Å². The van der Waals surface area contributed by atoms with Crippen molar-refractivity contribution in [2.24, 2.45) is 0 Å². The van der Waals surface area contributed by atoms with Crippen LogP contribution < -0.4 is 10.1 Å². The van der Waals surface area contributed by atoms with Crippen molar-refractivity contribution in [3.05, 3.63) is 40.6 Å². The van der Waals surface area contributed by atoms with Gasteiger partial charge in [0.15, 0.2) is 17.4 Å². The molecule has 110 valence electrons. The molecule has 1 aliphatic heterocycles. The number of anilines is 2. The number of carbonyl (C=O) groups is 1. The van der Waals surface area contributed by atoms with Crippen molar-refractivity contribution in [3.63, 3.8) is 0 Å². The van der Waals surface area contributed by atoms with Crippen LogP contribution >= 0.6 is 15.9 Å². The number of aromatic nitrogens is 2. The quantitative estimate of drug-likeness (QED) is 0.502. The van der Waals surface area contributed by atoms with E-state index < -0.39 is 5.82 Å². The molecule has 0 amide bonds. The highest BCUT2D eigenvalue weighted by Crippen LogP contribution is 2.44. The Hall–Kier alpha value is -2.41. The minimum absolute atomic E-state index is 0.199. The van der Waals surface area contributed by atoms with Gasteiger partial charge in [-0.05, 0) is 24.3 Å². The number of rotatable bonds is 0. The third kappa shape index (κ3) is 1.82. The van der Waals surface area contributed by atoms with Crippen LogP contribution in [0.2, 0.25) is 0 Å². The first-order valence-electron chi connectivity index (χ1n) is 6.51. The van der Waals surface area contributed by atoms with Crippen molar-refractivity contribution < 1.29 is 13.9 Å². The number of nitrogens with one attached hydrogen (secondary N) is 1. The van der Waals surface area contributed by atoms with E-state index in [4.69, 9.17) is 4.74 Å².